The number of benzene rings is 3. The lowest BCUT2D eigenvalue weighted by atomic mass is 9.81. The Morgan fingerprint density at radius 3 is 2.21 bits per heavy atom. The third kappa shape index (κ3) is 4.26. The van der Waals surface area contributed by atoms with Crippen molar-refractivity contribution in [2.75, 3.05) is 18.6 Å². The molecule has 0 N–H and O–H groups in total. The highest BCUT2D eigenvalue weighted by Crippen LogP contribution is 2.56. The van der Waals surface area contributed by atoms with Gasteiger partial charge in [-0.3, -0.25) is 19.3 Å². The van der Waals surface area contributed by atoms with Crippen molar-refractivity contribution in [2.24, 2.45) is 23.7 Å². The maximum absolute atomic E-state index is 13.2. The van der Waals surface area contributed by atoms with Crippen molar-refractivity contribution < 1.29 is 28.7 Å². The Kier molecular flexibility index (Phi) is 6.34. The zero-order valence-electron chi connectivity index (χ0n) is 23.0. The van der Waals surface area contributed by atoms with Crippen molar-refractivity contribution in [3.05, 3.63) is 90.0 Å². The molecule has 4 atom stereocenters. The number of aromatic nitrogens is 1. The summed E-state index contributed by atoms with van der Waals surface area (Å²) in [6.45, 7) is -0.409. The van der Waals surface area contributed by atoms with Crippen LogP contribution in [-0.2, 0) is 14.3 Å². The standard InChI is InChI=1S/C34H28N2O6/c1-41-24-14-10-20(11-15-24)29(37)18-42-34(40)26-17-28(35-27-5-3-2-4-25(26)27)19-8-12-23(13-9-19)36-32(38)30-21-6-7-22(16-21)31(30)33(36)39/h2-5,8-15,17,21-22,30-31H,6-7,16,18H2,1H3/t21-,22-,30-,31+/m0/s1. The number of amides is 2. The smallest absolute Gasteiger partial charge is 0.339 e. The molecule has 3 fully saturated rings. The average molecular weight is 561 g/mol. The Bertz CT molecular complexity index is 1720. The van der Waals surface area contributed by atoms with Crippen LogP contribution in [0.25, 0.3) is 22.2 Å². The Morgan fingerprint density at radius 1 is 0.881 bits per heavy atom. The fraction of sp³-hybridized carbons (Fsp3) is 0.265. The van der Waals surface area contributed by atoms with Crippen LogP contribution in [0.5, 0.6) is 5.75 Å². The molecule has 8 heteroatoms. The zero-order chi connectivity index (χ0) is 29.0. The SMILES string of the molecule is COc1ccc(C(=O)COC(=O)c2cc(-c3ccc(N4C(=O)[C@@H]5[C@H]6CC[C@@H](C6)[C@@H]5C4=O)cc3)nc3ccccc23)cc1. The number of pyridine rings is 1. The second-order valence-corrected chi connectivity index (χ2v) is 11.2. The first kappa shape index (κ1) is 26.1. The molecule has 1 aromatic heterocycles. The fourth-order valence-electron chi connectivity index (χ4n) is 7.01. The molecular weight excluding hydrogens is 532 g/mol. The van der Waals surface area contributed by atoms with Gasteiger partial charge in [-0.05, 0) is 79.6 Å². The van der Waals surface area contributed by atoms with Crippen LogP contribution < -0.4 is 9.64 Å². The molecule has 3 aromatic carbocycles. The van der Waals surface area contributed by atoms with Gasteiger partial charge in [0.15, 0.2) is 12.4 Å². The predicted molar refractivity (Wildman–Crippen MR) is 155 cm³/mol. The molecule has 2 amide bonds. The molecule has 0 unspecified atom stereocenters. The summed E-state index contributed by atoms with van der Waals surface area (Å²) in [5.41, 5.74) is 3.10. The van der Waals surface area contributed by atoms with Gasteiger partial charge in [0.2, 0.25) is 11.8 Å². The van der Waals surface area contributed by atoms with Crippen molar-refractivity contribution in [1.29, 1.82) is 0 Å². The minimum Gasteiger partial charge on any atom is -0.497 e. The number of imide groups is 1. The van der Waals surface area contributed by atoms with E-state index in [1.54, 1.807) is 73.8 Å². The number of nitrogens with zero attached hydrogens (tertiary/aromatic N) is 2. The van der Waals surface area contributed by atoms with Crippen molar-refractivity contribution in [1.82, 2.24) is 4.98 Å². The van der Waals surface area contributed by atoms with E-state index >= 15 is 0 Å². The fourth-order valence-corrected chi connectivity index (χ4v) is 7.01. The lowest BCUT2D eigenvalue weighted by Gasteiger charge is -2.19. The number of carbonyl (C=O) groups excluding carboxylic acids is 4. The summed E-state index contributed by atoms with van der Waals surface area (Å²) in [5.74, 6) is -0.205. The Hall–Kier alpha value is -4.85. The van der Waals surface area contributed by atoms with E-state index in [9.17, 15) is 19.2 Å². The second-order valence-electron chi connectivity index (χ2n) is 11.2. The first-order valence-corrected chi connectivity index (χ1v) is 14.2. The van der Waals surface area contributed by atoms with E-state index < -0.39 is 12.6 Å². The molecule has 2 bridgehead atoms. The number of para-hydroxylation sites is 1. The van der Waals surface area contributed by atoms with Gasteiger partial charge in [0.1, 0.15) is 5.75 Å². The van der Waals surface area contributed by atoms with E-state index in [-0.39, 0.29) is 35.0 Å². The highest BCUT2D eigenvalue weighted by Gasteiger charge is 2.61. The van der Waals surface area contributed by atoms with Gasteiger partial charge in [-0.1, -0.05) is 30.3 Å². The molecule has 2 heterocycles. The minimum absolute atomic E-state index is 0.0806. The number of anilines is 1. The molecule has 1 aliphatic heterocycles. The molecule has 2 saturated carbocycles. The molecule has 2 aliphatic carbocycles. The maximum atomic E-state index is 13.2. The number of hydrogen-bond donors (Lipinski definition) is 0. The van der Waals surface area contributed by atoms with Gasteiger partial charge in [0.25, 0.3) is 0 Å². The van der Waals surface area contributed by atoms with Crippen LogP contribution in [-0.4, -0.2) is 42.3 Å². The lowest BCUT2D eigenvalue weighted by Crippen LogP contribution is -2.32. The number of ketones is 1. The number of rotatable bonds is 7. The number of Topliss-reactive ketones (excluding diaryl/α,β-unsaturated/α-hetero) is 1. The summed E-state index contributed by atoms with van der Waals surface area (Å²) in [5, 5.41) is 0.606. The van der Waals surface area contributed by atoms with Crippen LogP contribution in [0.15, 0.2) is 78.9 Å². The molecule has 0 spiro atoms. The summed E-state index contributed by atoms with van der Waals surface area (Å²) in [7, 11) is 1.54. The van der Waals surface area contributed by atoms with Crippen molar-refractivity contribution >= 4 is 40.2 Å². The van der Waals surface area contributed by atoms with Crippen LogP contribution in [0.4, 0.5) is 5.69 Å². The predicted octanol–water partition coefficient (Wildman–Crippen LogP) is 5.49. The van der Waals surface area contributed by atoms with E-state index in [4.69, 9.17) is 14.5 Å². The molecular formula is C34H28N2O6. The van der Waals surface area contributed by atoms with Crippen LogP contribution in [0.3, 0.4) is 0 Å². The normalized spacial score (nSPS) is 22.5. The first-order chi connectivity index (χ1) is 20.4. The third-order valence-electron chi connectivity index (χ3n) is 9.03. The van der Waals surface area contributed by atoms with Gasteiger partial charge in [0, 0.05) is 16.5 Å². The highest BCUT2D eigenvalue weighted by atomic mass is 16.5. The lowest BCUT2D eigenvalue weighted by molar-refractivity contribution is -0.123. The van der Waals surface area contributed by atoms with E-state index in [0.29, 0.717) is 51.0 Å². The number of carbonyl (C=O) groups is 4. The van der Waals surface area contributed by atoms with Crippen LogP contribution in [0.1, 0.15) is 40.0 Å². The number of fused-ring (bicyclic) bond motifs is 6. The summed E-state index contributed by atoms with van der Waals surface area (Å²) in [6.07, 6.45) is 3.06. The maximum Gasteiger partial charge on any atom is 0.339 e. The van der Waals surface area contributed by atoms with E-state index in [1.165, 1.54) is 4.90 Å². The van der Waals surface area contributed by atoms with Crippen LogP contribution >= 0.6 is 0 Å². The molecule has 42 heavy (non-hydrogen) atoms. The Labute approximate surface area is 242 Å². The Morgan fingerprint density at radius 2 is 1.55 bits per heavy atom. The van der Waals surface area contributed by atoms with Crippen molar-refractivity contribution in [3.63, 3.8) is 0 Å². The van der Waals surface area contributed by atoms with Crippen LogP contribution in [0, 0.1) is 23.7 Å². The van der Waals surface area contributed by atoms with E-state index in [0.717, 1.165) is 19.3 Å². The average Bonchev–Trinajstić information content (AvgIpc) is 3.72. The monoisotopic (exact) mass is 560 g/mol. The summed E-state index contributed by atoms with van der Waals surface area (Å²) in [4.78, 5) is 58.5. The van der Waals surface area contributed by atoms with Gasteiger partial charge in [-0.25, -0.2) is 9.78 Å². The van der Waals surface area contributed by atoms with E-state index in [2.05, 4.69) is 0 Å². The highest BCUT2D eigenvalue weighted by molar-refractivity contribution is 6.22. The first-order valence-electron chi connectivity index (χ1n) is 14.2. The van der Waals surface area contributed by atoms with Crippen molar-refractivity contribution in [3.8, 4) is 17.0 Å². The number of hydrogen-bond acceptors (Lipinski definition) is 7. The topological polar surface area (TPSA) is 103 Å². The second kappa shape index (κ2) is 10.2. The van der Waals surface area contributed by atoms with Gasteiger partial charge in [-0.2, -0.15) is 0 Å². The Balaban J connectivity index is 1.13. The van der Waals surface area contributed by atoms with Gasteiger partial charge >= 0.3 is 5.97 Å². The summed E-state index contributed by atoms with van der Waals surface area (Å²) >= 11 is 0. The number of ether oxygens (including phenoxy) is 2. The molecule has 4 aromatic rings. The van der Waals surface area contributed by atoms with Gasteiger partial charge in [-0.15, -0.1) is 0 Å². The van der Waals surface area contributed by atoms with Gasteiger partial charge in [0.05, 0.1) is 41.4 Å². The molecule has 0 radical (unpaired) electrons. The molecule has 8 nitrogen and oxygen atoms in total. The van der Waals surface area contributed by atoms with E-state index in [1.807, 2.05) is 12.1 Å². The van der Waals surface area contributed by atoms with Gasteiger partial charge < -0.3 is 9.47 Å². The number of esters is 1. The molecule has 7 rings (SSSR count). The molecule has 3 aliphatic rings. The minimum atomic E-state index is -0.636. The zero-order valence-corrected chi connectivity index (χ0v) is 23.0. The summed E-state index contributed by atoms with van der Waals surface area (Å²) < 4.78 is 10.6. The largest absolute Gasteiger partial charge is 0.497 e. The molecule has 1 saturated heterocycles. The van der Waals surface area contributed by atoms with Crippen LogP contribution in [0.2, 0.25) is 0 Å². The van der Waals surface area contributed by atoms with Crippen molar-refractivity contribution in [2.45, 2.75) is 19.3 Å². The summed E-state index contributed by atoms with van der Waals surface area (Å²) in [6, 6.07) is 22.6. The quantitative estimate of drug-likeness (QED) is 0.167. The third-order valence-corrected chi connectivity index (χ3v) is 9.03. The number of methoxy groups -OCH3 is 1. The molecule has 210 valence electrons.